The number of carbonyl (C=O) groups excluding carboxylic acids is 2. The number of esters is 1. The second kappa shape index (κ2) is 9.42. The zero-order valence-corrected chi connectivity index (χ0v) is 10.8. The molecule has 3 N–H and O–H groups in total. The number of amides is 1. The molecule has 1 unspecified atom stereocenters. The molecule has 1 amide bonds. The lowest BCUT2D eigenvalue weighted by Gasteiger charge is -2.19. The Morgan fingerprint density at radius 1 is 1.38 bits per heavy atom. The van der Waals surface area contributed by atoms with Crippen molar-refractivity contribution in [3.8, 4) is 0 Å². The number of nitrogens with two attached hydrogens (primary N) is 1. The van der Waals surface area contributed by atoms with Crippen molar-refractivity contribution in [2.45, 2.75) is 32.7 Å². The molecule has 0 spiro atoms. The first-order valence-electron chi connectivity index (χ1n) is 5.10. The lowest BCUT2D eigenvalue weighted by molar-refractivity contribution is -0.146. The van der Waals surface area contributed by atoms with E-state index in [1.807, 2.05) is 13.8 Å². The van der Waals surface area contributed by atoms with Crippen LogP contribution in [0.1, 0.15) is 26.7 Å². The summed E-state index contributed by atoms with van der Waals surface area (Å²) < 4.78 is 4.60. The molecular weight excluding hydrogens is 232 g/mol. The molecule has 0 aromatic rings. The zero-order chi connectivity index (χ0) is 11.8. The van der Waals surface area contributed by atoms with E-state index in [4.69, 9.17) is 5.73 Å². The summed E-state index contributed by atoms with van der Waals surface area (Å²) in [6.07, 6.45) is 0.967. The molecule has 0 heterocycles. The SMILES string of the molecule is COC(=O)C(NC(=O)CCCN)C(C)C.Cl. The van der Waals surface area contributed by atoms with Crippen LogP contribution < -0.4 is 11.1 Å². The van der Waals surface area contributed by atoms with Crippen molar-refractivity contribution < 1.29 is 14.3 Å². The first-order chi connectivity index (χ1) is 7.02. The van der Waals surface area contributed by atoms with Gasteiger partial charge in [-0.05, 0) is 18.9 Å². The number of ether oxygens (including phenoxy) is 1. The van der Waals surface area contributed by atoms with Crippen molar-refractivity contribution in [2.24, 2.45) is 11.7 Å². The lowest BCUT2D eigenvalue weighted by atomic mass is 10.0. The summed E-state index contributed by atoms with van der Waals surface area (Å²) >= 11 is 0. The smallest absolute Gasteiger partial charge is 0.328 e. The molecule has 6 heteroatoms. The Kier molecular flexibility index (Phi) is 10.3. The summed E-state index contributed by atoms with van der Waals surface area (Å²) in [4.78, 5) is 22.7. The van der Waals surface area contributed by atoms with Crippen LogP contribution in [-0.2, 0) is 14.3 Å². The molecular formula is C10H21ClN2O3. The molecule has 0 aliphatic heterocycles. The molecule has 1 atom stereocenters. The van der Waals surface area contributed by atoms with Crippen molar-refractivity contribution in [1.29, 1.82) is 0 Å². The summed E-state index contributed by atoms with van der Waals surface area (Å²) in [5.74, 6) is -0.560. The van der Waals surface area contributed by atoms with E-state index < -0.39 is 12.0 Å². The van der Waals surface area contributed by atoms with Gasteiger partial charge in [-0.15, -0.1) is 12.4 Å². The number of methoxy groups -OCH3 is 1. The van der Waals surface area contributed by atoms with Crippen LogP contribution in [0.25, 0.3) is 0 Å². The average molecular weight is 253 g/mol. The number of hydrogen-bond acceptors (Lipinski definition) is 4. The third-order valence-corrected chi connectivity index (χ3v) is 2.05. The number of hydrogen-bond donors (Lipinski definition) is 2. The summed E-state index contributed by atoms with van der Waals surface area (Å²) in [7, 11) is 1.31. The van der Waals surface area contributed by atoms with E-state index in [1.165, 1.54) is 7.11 Å². The Balaban J connectivity index is 0. The van der Waals surface area contributed by atoms with Crippen LogP contribution >= 0.6 is 12.4 Å². The van der Waals surface area contributed by atoms with E-state index in [0.717, 1.165) is 0 Å². The molecule has 5 nitrogen and oxygen atoms in total. The van der Waals surface area contributed by atoms with Crippen molar-refractivity contribution in [3.05, 3.63) is 0 Å². The van der Waals surface area contributed by atoms with Crippen LogP contribution in [0.15, 0.2) is 0 Å². The minimum absolute atomic E-state index is 0. The fraction of sp³-hybridized carbons (Fsp3) is 0.800. The molecule has 0 saturated carbocycles. The van der Waals surface area contributed by atoms with E-state index in [-0.39, 0.29) is 24.2 Å². The quantitative estimate of drug-likeness (QED) is 0.673. The summed E-state index contributed by atoms with van der Waals surface area (Å²) in [6.45, 7) is 4.17. The van der Waals surface area contributed by atoms with Gasteiger partial charge in [0.15, 0.2) is 0 Å². The second-order valence-corrected chi connectivity index (χ2v) is 3.70. The predicted molar refractivity (Wildman–Crippen MR) is 64.3 cm³/mol. The first-order valence-corrected chi connectivity index (χ1v) is 5.10. The Morgan fingerprint density at radius 2 is 1.94 bits per heavy atom. The first kappa shape index (κ1) is 17.6. The number of carbonyl (C=O) groups is 2. The molecule has 96 valence electrons. The standard InChI is InChI=1S/C10H20N2O3.ClH/c1-7(2)9(10(14)15-3)12-8(13)5-4-6-11;/h7,9H,4-6,11H2,1-3H3,(H,12,13);1H. The van der Waals surface area contributed by atoms with Crippen LogP contribution in [0, 0.1) is 5.92 Å². The van der Waals surface area contributed by atoms with Gasteiger partial charge in [0.1, 0.15) is 6.04 Å². The van der Waals surface area contributed by atoms with Crippen molar-refractivity contribution in [1.82, 2.24) is 5.32 Å². The monoisotopic (exact) mass is 252 g/mol. The van der Waals surface area contributed by atoms with Crippen molar-refractivity contribution in [2.75, 3.05) is 13.7 Å². The van der Waals surface area contributed by atoms with Crippen LogP contribution in [0.3, 0.4) is 0 Å². The predicted octanol–water partition coefficient (Wildman–Crippen LogP) is 0.461. The van der Waals surface area contributed by atoms with Crippen molar-refractivity contribution in [3.63, 3.8) is 0 Å². The highest BCUT2D eigenvalue weighted by Gasteiger charge is 2.24. The highest BCUT2D eigenvalue weighted by Crippen LogP contribution is 2.04. The lowest BCUT2D eigenvalue weighted by Crippen LogP contribution is -2.45. The van der Waals surface area contributed by atoms with Gasteiger partial charge in [-0.1, -0.05) is 13.8 Å². The molecule has 0 radical (unpaired) electrons. The summed E-state index contributed by atoms with van der Waals surface area (Å²) in [5.41, 5.74) is 5.28. The fourth-order valence-corrected chi connectivity index (χ4v) is 1.13. The molecule has 0 rings (SSSR count). The van der Waals surface area contributed by atoms with Crippen LogP contribution in [0.4, 0.5) is 0 Å². The summed E-state index contributed by atoms with van der Waals surface area (Å²) in [6, 6.07) is -0.569. The van der Waals surface area contributed by atoms with Gasteiger partial charge in [0.25, 0.3) is 0 Å². The van der Waals surface area contributed by atoms with Gasteiger partial charge in [-0.2, -0.15) is 0 Å². The highest BCUT2D eigenvalue weighted by atomic mass is 35.5. The number of rotatable bonds is 6. The maximum Gasteiger partial charge on any atom is 0.328 e. The molecule has 0 aliphatic carbocycles. The molecule has 0 aromatic heterocycles. The maximum atomic E-state index is 11.4. The topological polar surface area (TPSA) is 81.4 Å². The van der Waals surface area contributed by atoms with Crippen molar-refractivity contribution >= 4 is 24.3 Å². The van der Waals surface area contributed by atoms with E-state index in [2.05, 4.69) is 10.1 Å². The highest BCUT2D eigenvalue weighted by molar-refractivity contribution is 5.85. The maximum absolute atomic E-state index is 11.4. The Hall–Kier alpha value is -0.810. The molecule has 0 aliphatic rings. The summed E-state index contributed by atoms with van der Waals surface area (Å²) in [5, 5.41) is 2.63. The molecule has 16 heavy (non-hydrogen) atoms. The van der Waals surface area contributed by atoms with E-state index in [9.17, 15) is 9.59 Å². The van der Waals surface area contributed by atoms with Gasteiger partial charge < -0.3 is 15.8 Å². The van der Waals surface area contributed by atoms with E-state index in [1.54, 1.807) is 0 Å². The van der Waals surface area contributed by atoms with Gasteiger partial charge in [0.05, 0.1) is 7.11 Å². The molecule has 0 aromatic carbocycles. The van der Waals surface area contributed by atoms with Crippen LogP contribution in [0.2, 0.25) is 0 Å². The normalized spacial score (nSPS) is 11.6. The Morgan fingerprint density at radius 3 is 2.31 bits per heavy atom. The fourth-order valence-electron chi connectivity index (χ4n) is 1.13. The van der Waals surface area contributed by atoms with Gasteiger partial charge in [-0.3, -0.25) is 4.79 Å². The van der Waals surface area contributed by atoms with Crippen LogP contribution in [0.5, 0.6) is 0 Å². The minimum atomic E-state index is -0.569. The van der Waals surface area contributed by atoms with Gasteiger partial charge >= 0.3 is 5.97 Å². The number of halogens is 1. The Labute approximate surface area is 103 Å². The van der Waals surface area contributed by atoms with Gasteiger partial charge in [0.2, 0.25) is 5.91 Å². The van der Waals surface area contributed by atoms with Gasteiger partial charge in [-0.25, -0.2) is 4.79 Å². The Bertz CT molecular complexity index is 222. The largest absolute Gasteiger partial charge is 0.467 e. The molecule has 0 saturated heterocycles. The molecule has 0 fully saturated rings. The zero-order valence-electron chi connectivity index (χ0n) is 9.99. The van der Waals surface area contributed by atoms with E-state index >= 15 is 0 Å². The number of nitrogens with one attached hydrogen (secondary N) is 1. The third kappa shape index (κ3) is 6.63. The van der Waals surface area contributed by atoms with E-state index in [0.29, 0.717) is 19.4 Å². The van der Waals surface area contributed by atoms with Gasteiger partial charge in [0, 0.05) is 6.42 Å². The van der Waals surface area contributed by atoms with Crippen LogP contribution in [-0.4, -0.2) is 31.6 Å². The second-order valence-electron chi connectivity index (χ2n) is 3.70. The third-order valence-electron chi connectivity index (χ3n) is 2.05. The molecule has 0 bridgehead atoms. The average Bonchev–Trinajstić information content (AvgIpc) is 2.21. The minimum Gasteiger partial charge on any atom is -0.467 e.